The molecular formula is Cl4N3Nb. The van der Waals surface area contributed by atoms with Gasteiger partial charge in [0.15, 0.2) is 0 Å². The Morgan fingerprint density at radius 2 is 0.750 bits per heavy atom. The standard InChI is InChI=1S/4ClH.N3.Nb/c;;;;1-3-2;/h4*1H;;/q;;;;-1;+5/p-4. The molecule has 0 rings (SSSR count). The van der Waals surface area contributed by atoms with Gasteiger partial charge in [0.25, 0.3) is 0 Å². The van der Waals surface area contributed by atoms with E-state index >= 15 is 0 Å². The minimum absolute atomic E-state index is 0. The maximum Gasteiger partial charge on any atom is 5.00 e. The zero-order valence-electron chi connectivity index (χ0n) is 3.30. The van der Waals surface area contributed by atoms with E-state index in [1.807, 2.05) is 0 Å². The molecule has 0 saturated carbocycles. The van der Waals surface area contributed by atoms with Gasteiger partial charge in [-0.15, -0.1) is 0 Å². The summed E-state index contributed by atoms with van der Waals surface area (Å²) in [6.07, 6.45) is 0. The first-order valence-electron chi connectivity index (χ1n) is 0.400. The SMILES string of the molecule is [Cl-].[Cl-].[Cl-].[Cl-].[N-]=[N+]=[N-].[Nb+5]. The van der Waals surface area contributed by atoms with E-state index in [-0.39, 0.29) is 72.0 Å². The smallest absolute Gasteiger partial charge is 1.00 e. The van der Waals surface area contributed by atoms with Gasteiger partial charge in [-0.1, -0.05) is 0 Å². The Morgan fingerprint density at radius 1 is 0.750 bits per heavy atom. The maximum atomic E-state index is 6.75. The van der Waals surface area contributed by atoms with E-state index < -0.39 is 0 Å². The Bertz CT molecular complexity index is 32.3. The van der Waals surface area contributed by atoms with Crippen LogP contribution in [-0.2, 0) is 22.4 Å². The summed E-state index contributed by atoms with van der Waals surface area (Å²) in [6, 6.07) is 0. The fourth-order valence-electron chi connectivity index (χ4n) is 0. The van der Waals surface area contributed by atoms with Gasteiger partial charge in [-0.05, 0) is 0 Å². The summed E-state index contributed by atoms with van der Waals surface area (Å²) in [7, 11) is 0. The van der Waals surface area contributed by atoms with E-state index in [9.17, 15) is 0 Å². The number of hydrogen-bond donors (Lipinski definition) is 0. The zero-order valence-corrected chi connectivity index (χ0v) is 8.52. The van der Waals surface area contributed by atoms with Crippen molar-refractivity contribution in [2.24, 2.45) is 0 Å². The van der Waals surface area contributed by atoms with E-state index in [0.29, 0.717) is 0 Å². The van der Waals surface area contributed by atoms with Crippen LogP contribution in [0.25, 0.3) is 16.0 Å². The molecule has 0 saturated heterocycles. The third kappa shape index (κ3) is 190. The molecule has 0 aromatic carbocycles. The van der Waals surface area contributed by atoms with Crippen LogP contribution in [-0.4, -0.2) is 0 Å². The topological polar surface area (TPSA) is 58.7 Å². The average Bonchev–Trinajstić information content (AvgIpc) is 0.918. The summed E-state index contributed by atoms with van der Waals surface area (Å²) in [5, 5.41) is 0. The second kappa shape index (κ2) is 87.4. The summed E-state index contributed by atoms with van der Waals surface area (Å²) in [4.78, 5) is 1.50. The van der Waals surface area contributed by atoms with E-state index in [2.05, 4.69) is 0 Å². The van der Waals surface area contributed by atoms with Gasteiger partial charge in [-0.25, -0.2) is 0 Å². The van der Waals surface area contributed by atoms with Crippen LogP contribution in [0.15, 0.2) is 0 Å². The van der Waals surface area contributed by atoms with E-state index in [1.165, 1.54) is 4.91 Å². The molecule has 0 heterocycles. The van der Waals surface area contributed by atoms with Crippen LogP contribution in [0.1, 0.15) is 0 Å². The monoisotopic (exact) mass is 275 g/mol. The van der Waals surface area contributed by atoms with Crippen LogP contribution >= 0.6 is 0 Å². The summed E-state index contributed by atoms with van der Waals surface area (Å²) < 4.78 is 0. The van der Waals surface area contributed by atoms with Crippen molar-refractivity contribution in [3.63, 3.8) is 0 Å². The van der Waals surface area contributed by atoms with Crippen molar-refractivity contribution in [3.05, 3.63) is 16.0 Å². The first kappa shape index (κ1) is 60.2. The van der Waals surface area contributed by atoms with Gasteiger partial charge < -0.3 is 60.7 Å². The van der Waals surface area contributed by atoms with Crippen molar-refractivity contribution in [1.82, 2.24) is 0 Å². The van der Waals surface area contributed by atoms with Crippen molar-refractivity contribution in [2.45, 2.75) is 0 Å². The predicted molar refractivity (Wildman–Crippen MR) is 10.1 cm³/mol. The molecule has 8 heteroatoms. The second-order valence-electron chi connectivity index (χ2n) is 0.0894. The molecule has 48 valence electrons. The largest absolute Gasteiger partial charge is 5.00 e. The summed E-state index contributed by atoms with van der Waals surface area (Å²) in [6.45, 7) is 0. The first-order chi connectivity index (χ1) is 1.41. The van der Waals surface area contributed by atoms with Gasteiger partial charge in [-0.2, -0.15) is 0 Å². The Labute approximate surface area is 87.5 Å². The van der Waals surface area contributed by atoms with Gasteiger partial charge in [-0.3, -0.25) is 4.91 Å². The van der Waals surface area contributed by atoms with Crippen LogP contribution in [0, 0.1) is 0 Å². The molecule has 0 aromatic heterocycles. The molecule has 0 N–H and O–H groups in total. The molecule has 3 nitrogen and oxygen atoms in total. The molecule has 0 radical (unpaired) electrons. The third-order valence-corrected chi connectivity index (χ3v) is 0. The van der Waals surface area contributed by atoms with Crippen LogP contribution in [0.5, 0.6) is 0 Å². The molecule has 0 spiro atoms. The molecule has 0 aliphatic carbocycles. The minimum atomic E-state index is 0. The summed E-state index contributed by atoms with van der Waals surface area (Å²) in [5.74, 6) is 0. The Morgan fingerprint density at radius 3 is 0.750 bits per heavy atom. The molecule has 0 bridgehead atoms. The average molecular weight is 277 g/mol. The van der Waals surface area contributed by atoms with E-state index in [1.54, 1.807) is 0 Å². The molecule has 0 aliphatic rings. The van der Waals surface area contributed by atoms with Crippen molar-refractivity contribution in [1.29, 1.82) is 0 Å². The van der Waals surface area contributed by atoms with Crippen LogP contribution < -0.4 is 49.6 Å². The van der Waals surface area contributed by atoms with Crippen molar-refractivity contribution in [2.75, 3.05) is 0 Å². The second-order valence-corrected chi connectivity index (χ2v) is 0.0894. The molecule has 0 fully saturated rings. The molecule has 0 aromatic rings. The maximum absolute atomic E-state index is 6.75. The zero-order chi connectivity index (χ0) is 2.71. The third-order valence-electron chi connectivity index (χ3n) is 0. The summed E-state index contributed by atoms with van der Waals surface area (Å²) >= 11 is 0. The number of halogens is 4. The van der Waals surface area contributed by atoms with Crippen LogP contribution in [0.3, 0.4) is 0 Å². The van der Waals surface area contributed by atoms with Gasteiger partial charge >= 0.3 is 22.4 Å². The molecule has 0 unspecified atom stereocenters. The van der Waals surface area contributed by atoms with E-state index in [0.717, 1.165) is 0 Å². The van der Waals surface area contributed by atoms with Crippen molar-refractivity contribution >= 4 is 0 Å². The van der Waals surface area contributed by atoms with Gasteiger partial charge in [0.2, 0.25) is 0 Å². The van der Waals surface area contributed by atoms with Gasteiger partial charge in [0.1, 0.15) is 0 Å². The Kier molecular flexibility index (Phi) is 658. The molecule has 8 heavy (non-hydrogen) atoms. The Balaban J connectivity index is -0.00000000200. The quantitative estimate of drug-likeness (QED) is 0.183. The molecule has 0 amide bonds. The normalized spacial score (nSPS) is 1.00. The Hall–Kier alpha value is 1.21. The number of hydrogen-bond acceptors (Lipinski definition) is 0. The molecular weight excluding hydrogens is 277 g/mol. The molecule has 0 aliphatic heterocycles. The van der Waals surface area contributed by atoms with Crippen molar-refractivity contribution in [3.8, 4) is 0 Å². The van der Waals surface area contributed by atoms with Crippen LogP contribution in [0.4, 0.5) is 0 Å². The number of rotatable bonds is 0. The van der Waals surface area contributed by atoms with Gasteiger partial charge in [0, 0.05) is 0 Å². The van der Waals surface area contributed by atoms with Gasteiger partial charge in [0.05, 0.1) is 0 Å². The molecule has 0 atom stereocenters. The van der Waals surface area contributed by atoms with Crippen LogP contribution in [0.2, 0.25) is 0 Å². The predicted octanol–water partition coefficient (Wildman–Crippen LogP) is -11.1. The fourth-order valence-corrected chi connectivity index (χ4v) is 0. The minimum Gasteiger partial charge on any atom is -1.00 e. The fraction of sp³-hybridized carbons (Fsp3) is 0. The summed E-state index contributed by atoms with van der Waals surface area (Å²) in [5.41, 5.74) is 13.5. The first-order valence-corrected chi connectivity index (χ1v) is 0.400. The number of nitrogens with zero attached hydrogens (tertiary/aromatic N) is 3. The van der Waals surface area contributed by atoms with E-state index in [4.69, 9.17) is 11.1 Å². The van der Waals surface area contributed by atoms with Crippen molar-refractivity contribution < 1.29 is 72.0 Å².